The van der Waals surface area contributed by atoms with Gasteiger partial charge in [0.15, 0.2) is 5.03 Å². The summed E-state index contributed by atoms with van der Waals surface area (Å²) in [6.45, 7) is 0.143. The van der Waals surface area contributed by atoms with E-state index >= 15 is 0 Å². The Labute approximate surface area is 155 Å². The number of rotatable bonds is 8. The van der Waals surface area contributed by atoms with Crippen molar-refractivity contribution in [1.82, 2.24) is 4.98 Å². The van der Waals surface area contributed by atoms with E-state index in [1.54, 1.807) is 0 Å². The maximum absolute atomic E-state index is 10.9. The topological polar surface area (TPSA) is 141 Å². The van der Waals surface area contributed by atoms with Crippen molar-refractivity contribution >= 4 is 39.0 Å². The van der Waals surface area contributed by atoms with Gasteiger partial charge in [-0.2, -0.15) is 0 Å². The summed E-state index contributed by atoms with van der Waals surface area (Å²) < 4.78 is 10.2. The number of hydrogen-bond donors (Lipinski definition) is 1. The summed E-state index contributed by atoms with van der Waals surface area (Å²) in [7, 11) is 2.43. The molecule has 136 valence electrons. The molecule has 0 spiro atoms. The third-order valence-corrected chi connectivity index (χ3v) is 4.99. The zero-order chi connectivity index (χ0) is 18.9. The number of ether oxygens (including phenoxy) is 2. The van der Waals surface area contributed by atoms with Crippen LogP contribution in [0.4, 0.5) is 11.4 Å². The van der Waals surface area contributed by atoms with Gasteiger partial charge in [0.05, 0.1) is 9.85 Å². The fourth-order valence-corrected chi connectivity index (χ4v) is 3.48. The Hall–Kier alpha value is -2.86. The average Bonchev–Trinajstić information content (AvgIpc) is 2.62. The molecule has 0 aliphatic carbocycles. The van der Waals surface area contributed by atoms with Crippen molar-refractivity contribution in [1.29, 1.82) is 5.41 Å². The molecule has 12 heteroatoms. The quantitative estimate of drug-likeness (QED) is 0.176. The van der Waals surface area contributed by atoms with Crippen molar-refractivity contribution in [2.45, 2.75) is 5.03 Å². The Morgan fingerprint density at radius 3 is 2.54 bits per heavy atom. The molecule has 0 bridgehead atoms. The molecule has 1 aromatic carbocycles. The lowest BCUT2D eigenvalue weighted by molar-refractivity contribution is -0.388. The SMILES string of the molecule is N=C(OCCSSc1ncccc1[N+](=O)[O-])Oc1ccc([N+](=O)[O-])cc1. The molecule has 0 radical (unpaired) electrons. The average molecular weight is 396 g/mol. The van der Waals surface area contributed by atoms with Gasteiger partial charge in [-0.05, 0) is 29.0 Å². The molecule has 0 fully saturated rings. The van der Waals surface area contributed by atoms with Gasteiger partial charge < -0.3 is 9.47 Å². The molecular weight excluding hydrogens is 384 g/mol. The molecule has 0 unspecified atom stereocenters. The summed E-state index contributed by atoms with van der Waals surface area (Å²) in [6, 6.07) is 8.11. The van der Waals surface area contributed by atoms with Crippen LogP contribution in [0.3, 0.4) is 0 Å². The zero-order valence-corrected chi connectivity index (χ0v) is 14.7. The van der Waals surface area contributed by atoms with E-state index in [1.165, 1.54) is 53.4 Å². The normalized spacial score (nSPS) is 10.2. The fourth-order valence-electron chi connectivity index (χ4n) is 1.62. The minimum Gasteiger partial charge on any atom is -0.450 e. The van der Waals surface area contributed by atoms with Crippen LogP contribution in [0.5, 0.6) is 5.75 Å². The van der Waals surface area contributed by atoms with Crippen LogP contribution in [-0.4, -0.2) is 33.3 Å². The Morgan fingerprint density at radius 1 is 1.15 bits per heavy atom. The summed E-state index contributed by atoms with van der Waals surface area (Å²) in [4.78, 5) is 24.3. The molecule has 0 saturated heterocycles. The van der Waals surface area contributed by atoms with Crippen LogP contribution >= 0.6 is 21.6 Å². The molecular formula is C14H12N4O6S2. The molecule has 2 aromatic rings. The van der Waals surface area contributed by atoms with Crippen molar-refractivity contribution in [2.24, 2.45) is 0 Å². The molecule has 2 rings (SSSR count). The van der Waals surface area contributed by atoms with E-state index in [-0.39, 0.29) is 23.7 Å². The molecule has 1 heterocycles. The van der Waals surface area contributed by atoms with Crippen LogP contribution in [0.1, 0.15) is 0 Å². The molecule has 1 aromatic heterocycles. The van der Waals surface area contributed by atoms with E-state index in [1.807, 2.05) is 0 Å². The number of aromatic nitrogens is 1. The second-order valence-corrected chi connectivity index (χ2v) is 6.88. The van der Waals surface area contributed by atoms with Crippen molar-refractivity contribution < 1.29 is 19.3 Å². The molecule has 0 saturated carbocycles. The monoisotopic (exact) mass is 396 g/mol. The molecule has 0 atom stereocenters. The molecule has 1 N–H and O–H groups in total. The van der Waals surface area contributed by atoms with Gasteiger partial charge >= 0.3 is 11.8 Å². The van der Waals surface area contributed by atoms with Crippen molar-refractivity contribution in [3.05, 3.63) is 62.8 Å². The first-order valence-electron chi connectivity index (χ1n) is 7.00. The summed E-state index contributed by atoms with van der Waals surface area (Å²) in [6.07, 6.45) is 1.02. The fraction of sp³-hybridized carbons (Fsp3) is 0.143. The van der Waals surface area contributed by atoms with Gasteiger partial charge in [0, 0.05) is 30.1 Å². The molecule has 26 heavy (non-hydrogen) atoms. The number of nitrogens with zero attached hydrogens (tertiary/aromatic N) is 3. The number of non-ortho nitro benzene ring substituents is 1. The van der Waals surface area contributed by atoms with Gasteiger partial charge in [-0.1, -0.05) is 10.8 Å². The van der Waals surface area contributed by atoms with Crippen LogP contribution < -0.4 is 4.74 Å². The van der Waals surface area contributed by atoms with Crippen molar-refractivity contribution in [2.75, 3.05) is 12.4 Å². The van der Waals surface area contributed by atoms with Gasteiger partial charge in [0.1, 0.15) is 12.4 Å². The van der Waals surface area contributed by atoms with E-state index in [9.17, 15) is 20.2 Å². The van der Waals surface area contributed by atoms with Gasteiger partial charge in [-0.3, -0.25) is 20.2 Å². The maximum Gasteiger partial charge on any atom is 0.386 e. The van der Waals surface area contributed by atoms with Gasteiger partial charge in [-0.15, -0.1) is 0 Å². The summed E-state index contributed by atoms with van der Waals surface area (Å²) in [5, 5.41) is 29.3. The largest absolute Gasteiger partial charge is 0.450 e. The highest BCUT2D eigenvalue weighted by atomic mass is 33.1. The van der Waals surface area contributed by atoms with Gasteiger partial charge in [0.2, 0.25) is 0 Å². The van der Waals surface area contributed by atoms with Gasteiger partial charge in [-0.25, -0.2) is 10.4 Å². The lowest BCUT2D eigenvalue weighted by Crippen LogP contribution is -2.13. The van der Waals surface area contributed by atoms with E-state index in [2.05, 4.69) is 4.98 Å². The first-order chi connectivity index (χ1) is 12.5. The Kier molecular flexibility index (Phi) is 7.17. The lowest BCUT2D eigenvalue weighted by atomic mass is 10.3. The first-order valence-corrected chi connectivity index (χ1v) is 9.32. The van der Waals surface area contributed by atoms with Crippen LogP contribution in [0, 0.1) is 25.6 Å². The van der Waals surface area contributed by atoms with Crippen LogP contribution in [0.15, 0.2) is 47.6 Å². The number of hydrogen-bond acceptors (Lipinski definition) is 10. The number of pyridine rings is 1. The highest BCUT2D eigenvalue weighted by molar-refractivity contribution is 8.76. The standard InChI is InChI=1S/C14H12N4O6S2/c15-14(24-11-5-3-10(4-6-11)17(19)20)23-8-9-25-26-13-12(18(21)22)2-1-7-16-13/h1-7,15H,8-9H2. The van der Waals surface area contributed by atoms with E-state index in [4.69, 9.17) is 14.9 Å². The Bertz CT molecular complexity index is 802. The Morgan fingerprint density at radius 2 is 1.88 bits per heavy atom. The third kappa shape index (κ3) is 5.89. The third-order valence-electron chi connectivity index (χ3n) is 2.74. The van der Waals surface area contributed by atoms with E-state index in [0.717, 1.165) is 10.8 Å². The molecule has 0 amide bonds. The number of nitrogens with one attached hydrogen (secondary N) is 1. The minimum absolute atomic E-state index is 0.0693. The second kappa shape index (κ2) is 9.58. The van der Waals surface area contributed by atoms with Crippen LogP contribution in [-0.2, 0) is 4.74 Å². The zero-order valence-electron chi connectivity index (χ0n) is 13.1. The van der Waals surface area contributed by atoms with Crippen molar-refractivity contribution in [3.8, 4) is 5.75 Å². The van der Waals surface area contributed by atoms with E-state index < -0.39 is 15.9 Å². The molecule has 10 nitrogen and oxygen atoms in total. The van der Waals surface area contributed by atoms with Crippen LogP contribution in [0.2, 0.25) is 0 Å². The van der Waals surface area contributed by atoms with Crippen LogP contribution in [0.25, 0.3) is 0 Å². The highest BCUT2D eigenvalue weighted by Gasteiger charge is 2.14. The predicted octanol–water partition coefficient (Wildman–Crippen LogP) is 3.67. The molecule has 0 aliphatic heterocycles. The summed E-state index contributed by atoms with van der Waals surface area (Å²) in [5.74, 6) is 0.677. The Balaban J connectivity index is 1.70. The second-order valence-electron chi connectivity index (χ2n) is 4.48. The predicted molar refractivity (Wildman–Crippen MR) is 96.6 cm³/mol. The first kappa shape index (κ1) is 19.5. The minimum atomic E-state index is -0.535. The maximum atomic E-state index is 10.9. The summed E-state index contributed by atoms with van der Waals surface area (Å²) >= 11 is 0. The lowest BCUT2D eigenvalue weighted by Gasteiger charge is -2.08. The smallest absolute Gasteiger partial charge is 0.386 e. The van der Waals surface area contributed by atoms with E-state index in [0.29, 0.717) is 10.8 Å². The summed E-state index contributed by atoms with van der Waals surface area (Å²) in [5.41, 5.74) is -0.151. The number of nitro benzene ring substituents is 1. The highest BCUT2D eigenvalue weighted by Crippen LogP contribution is 2.35. The number of nitro groups is 2. The number of benzene rings is 1. The van der Waals surface area contributed by atoms with Gasteiger partial charge in [0.25, 0.3) is 5.69 Å². The van der Waals surface area contributed by atoms with Crippen molar-refractivity contribution in [3.63, 3.8) is 0 Å². The molecule has 0 aliphatic rings.